The predicted octanol–water partition coefficient (Wildman–Crippen LogP) is 3.23. The summed E-state index contributed by atoms with van der Waals surface area (Å²) in [4.78, 5) is 14.6. The van der Waals surface area contributed by atoms with Gasteiger partial charge in [-0.3, -0.25) is 4.79 Å². The average molecular weight is 260 g/mol. The quantitative estimate of drug-likeness (QED) is 0.826. The van der Waals surface area contributed by atoms with Crippen LogP contribution in [0, 0.1) is 12.8 Å². The maximum absolute atomic E-state index is 12.6. The van der Waals surface area contributed by atoms with Crippen molar-refractivity contribution in [2.75, 3.05) is 12.3 Å². The number of rotatable bonds is 5. The molecule has 1 fully saturated rings. The molecule has 0 aromatic heterocycles. The van der Waals surface area contributed by atoms with Crippen molar-refractivity contribution in [2.24, 2.45) is 5.92 Å². The summed E-state index contributed by atoms with van der Waals surface area (Å²) in [7, 11) is 0. The molecule has 1 amide bonds. The highest BCUT2D eigenvalue weighted by molar-refractivity contribution is 5.95. The highest BCUT2D eigenvalue weighted by atomic mass is 16.2. The van der Waals surface area contributed by atoms with Gasteiger partial charge >= 0.3 is 0 Å². The first-order valence-corrected chi connectivity index (χ1v) is 7.15. The van der Waals surface area contributed by atoms with Crippen LogP contribution in [0.15, 0.2) is 18.2 Å². The summed E-state index contributed by atoms with van der Waals surface area (Å²) < 4.78 is 0. The van der Waals surface area contributed by atoms with Crippen LogP contribution < -0.4 is 5.73 Å². The Bertz CT molecular complexity index is 444. The second-order valence-electron chi connectivity index (χ2n) is 6.04. The van der Waals surface area contributed by atoms with Gasteiger partial charge in [-0.1, -0.05) is 13.8 Å². The van der Waals surface area contributed by atoms with E-state index in [1.54, 1.807) is 6.07 Å². The fourth-order valence-electron chi connectivity index (χ4n) is 2.34. The van der Waals surface area contributed by atoms with Crippen LogP contribution in [0.4, 0.5) is 5.69 Å². The van der Waals surface area contributed by atoms with Crippen LogP contribution in [-0.4, -0.2) is 23.4 Å². The number of aryl methyl sites for hydroxylation is 1. The maximum Gasteiger partial charge on any atom is 0.254 e. The summed E-state index contributed by atoms with van der Waals surface area (Å²) in [5.41, 5.74) is 8.28. The minimum Gasteiger partial charge on any atom is -0.399 e. The zero-order valence-electron chi connectivity index (χ0n) is 12.1. The molecule has 19 heavy (non-hydrogen) atoms. The van der Waals surface area contributed by atoms with Crippen LogP contribution in [0.25, 0.3) is 0 Å². The summed E-state index contributed by atoms with van der Waals surface area (Å²) in [6.45, 7) is 7.22. The minimum atomic E-state index is 0.138. The van der Waals surface area contributed by atoms with Gasteiger partial charge in [-0.15, -0.1) is 0 Å². The third-order valence-corrected chi connectivity index (χ3v) is 3.54. The molecule has 0 unspecified atom stereocenters. The fourth-order valence-corrected chi connectivity index (χ4v) is 2.34. The van der Waals surface area contributed by atoms with Gasteiger partial charge in [0, 0.05) is 23.8 Å². The lowest BCUT2D eigenvalue weighted by Gasteiger charge is -2.23. The van der Waals surface area contributed by atoms with Crippen molar-refractivity contribution >= 4 is 11.6 Å². The fraction of sp³-hybridized carbons (Fsp3) is 0.562. The zero-order chi connectivity index (χ0) is 14.0. The smallest absolute Gasteiger partial charge is 0.254 e. The van der Waals surface area contributed by atoms with Crippen molar-refractivity contribution in [1.29, 1.82) is 0 Å². The molecular weight excluding hydrogens is 236 g/mol. The summed E-state index contributed by atoms with van der Waals surface area (Å²) in [6.07, 6.45) is 3.35. The number of anilines is 1. The second kappa shape index (κ2) is 5.64. The Morgan fingerprint density at radius 1 is 1.37 bits per heavy atom. The van der Waals surface area contributed by atoms with E-state index in [0.29, 0.717) is 17.6 Å². The van der Waals surface area contributed by atoms with Crippen molar-refractivity contribution in [3.63, 3.8) is 0 Å². The van der Waals surface area contributed by atoms with E-state index < -0.39 is 0 Å². The van der Waals surface area contributed by atoms with Crippen LogP contribution >= 0.6 is 0 Å². The number of nitrogens with two attached hydrogens (primary N) is 1. The Kier molecular flexibility index (Phi) is 4.13. The molecule has 3 nitrogen and oxygen atoms in total. The number of benzene rings is 1. The number of hydrogen-bond acceptors (Lipinski definition) is 2. The third kappa shape index (κ3) is 3.72. The molecule has 1 aliphatic carbocycles. The Hall–Kier alpha value is -1.51. The van der Waals surface area contributed by atoms with Gasteiger partial charge in [0.15, 0.2) is 0 Å². The number of carbonyl (C=O) groups is 1. The standard InChI is InChI=1S/C16H24N2O/c1-11(2)6-7-18(15-4-5-15)16(19)13-8-12(3)9-14(17)10-13/h8-11,15H,4-7,17H2,1-3H3. The van der Waals surface area contributed by atoms with Crippen molar-refractivity contribution < 1.29 is 4.79 Å². The maximum atomic E-state index is 12.6. The molecular formula is C16H24N2O. The van der Waals surface area contributed by atoms with Gasteiger partial charge < -0.3 is 10.6 Å². The topological polar surface area (TPSA) is 46.3 Å². The normalized spacial score (nSPS) is 14.7. The van der Waals surface area contributed by atoms with Crippen LogP contribution in [0.1, 0.15) is 49.0 Å². The van der Waals surface area contributed by atoms with Crippen molar-refractivity contribution in [3.05, 3.63) is 29.3 Å². The Morgan fingerprint density at radius 2 is 2.05 bits per heavy atom. The van der Waals surface area contributed by atoms with E-state index >= 15 is 0 Å². The highest BCUT2D eigenvalue weighted by Crippen LogP contribution is 2.29. The van der Waals surface area contributed by atoms with Gasteiger partial charge in [-0.25, -0.2) is 0 Å². The molecule has 1 aliphatic rings. The first-order chi connectivity index (χ1) is 8.97. The lowest BCUT2D eigenvalue weighted by molar-refractivity contribution is 0.0735. The summed E-state index contributed by atoms with van der Waals surface area (Å²) >= 11 is 0. The molecule has 0 atom stereocenters. The summed E-state index contributed by atoms with van der Waals surface area (Å²) in [5, 5.41) is 0. The van der Waals surface area contributed by atoms with Crippen molar-refractivity contribution in [1.82, 2.24) is 4.90 Å². The van der Waals surface area contributed by atoms with E-state index in [1.807, 2.05) is 24.0 Å². The van der Waals surface area contributed by atoms with Crippen LogP contribution in [0.3, 0.4) is 0 Å². The number of carbonyl (C=O) groups excluding carboxylic acids is 1. The van der Waals surface area contributed by atoms with E-state index in [-0.39, 0.29) is 5.91 Å². The SMILES string of the molecule is Cc1cc(N)cc(C(=O)N(CCC(C)C)C2CC2)c1. The molecule has 2 N–H and O–H groups in total. The summed E-state index contributed by atoms with van der Waals surface area (Å²) in [5.74, 6) is 0.759. The molecule has 1 aromatic carbocycles. The van der Waals surface area contributed by atoms with E-state index in [4.69, 9.17) is 5.73 Å². The first-order valence-electron chi connectivity index (χ1n) is 7.15. The highest BCUT2D eigenvalue weighted by Gasteiger charge is 2.32. The monoisotopic (exact) mass is 260 g/mol. The molecule has 1 saturated carbocycles. The molecule has 3 heteroatoms. The average Bonchev–Trinajstić information content (AvgIpc) is 3.11. The van der Waals surface area contributed by atoms with Gasteiger partial charge in [-0.05, 0) is 55.9 Å². The molecule has 0 heterocycles. The Balaban J connectivity index is 2.14. The summed E-state index contributed by atoms with van der Waals surface area (Å²) in [6, 6.07) is 6.07. The first kappa shape index (κ1) is 13.9. The molecule has 0 radical (unpaired) electrons. The van der Waals surface area contributed by atoms with Crippen LogP contribution in [-0.2, 0) is 0 Å². The number of hydrogen-bond donors (Lipinski definition) is 1. The van der Waals surface area contributed by atoms with E-state index in [9.17, 15) is 4.79 Å². The van der Waals surface area contributed by atoms with Gasteiger partial charge in [0.1, 0.15) is 0 Å². The van der Waals surface area contributed by atoms with Gasteiger partial charge in [-0.2, -0.15) is 0 Å². The van der Waals surface area contributed by atoms with Crippen molar-refractivity contribution in [3.8, 4) is 0 Å². The number of nitrogens with zero attached hydrogens (tertiary/aromatic N) is 1. The molecule has 0 spiro atoms. The van der Waals surface area contributed by atoms with Crippen LogP contribution in [0.2, 0.25) is 0 Å². The molecule has 0 aliphatic heterocycles. The Morgan fingerprint density at radius 3 is 2.58 bits per heavy atom. The molecule has 0 bridgehead atoms. The van der Waals surface area contributed by atoms with E-state index in [2.05, 4.69) is 13.8 Å². The molecule has 2 rings (SSSR count). The Labute approximate surface area is 115 Å². The number of nitrogen functional groups attached to an aromatic ring is 1. The predicted molar refractivity (Wildman–Crippen MR) is 79.1 cm³/mol. The number of amides is 1. The molecule has 1 aromatic rings. The zero-order valence-corrected chi connectivity index (χ0v) is 12.1. The minimum absolute atomic E-state index is 0.138. The molecule has 0 saturated heterocycles. The van der Waals surface area contributed by atoms with Gasteiger partial charge in [0.25, 0.3) is 5.91 Å². The van der Waals surface area contributed by atoms with Crippen molar-refractivity contribution in [2.45, 2.75) is 46.1 Å². The van der Waals surface area contributed by atoms with E-state index in [1.165, 1.54) is 0 Å². The van der Waals surface area contributed by atoms with Crippen LogP contribution in [0.5, 0.6) is 0 Å². The molecule has 104 valence electrons. The third-order valence-electron chi connectivity index (χ3n) is 3.54. The lowest BCUT2D eigenvalue weighted by Crippen LogP contribution is -2.34. The second-order valence-corrected chi connectivity index (χ2v) is 6.04. The largest absolute Gasteiger partial charge is 0.399 e. The lowest BCUT2D eigenvalue weighted by atomic mass is 10.1. The van der Waals surface area contributed by atoms with E-state index in [0.717, 1.165) is 36.9 Å². The van der Waals surface area contributed by atoms with Gasteiger partial charge in [0.2, 0.25) is 0 Å². The van der Waals surface area contributed by atoms with Gasteiger partial charge in [0.05, 0.1) is 0 Å².